The summed E-state index contributed by atoms with van der Waals surface area (Å²) in [6.45, 7) is 1.79. The monoisotopic (exact) mass is 450 g/mol. The molecule has 0 aliphatic carbocycles. The van der Waals surface area contributed by atoms with Gasteiger partial charge in [0.05, 0.1) is 5.56 Å². The highest BCUT2D eigenvalue weighted by Gasteiger charge is 2.54. The van der Waals surface area contributed by atoms with Gasteiger partial charge in [0.1, 0.15) is 31.2 Å². The quantitative estimate of drug-likeness (QED) is 0.564. The van der Waals surface area contributed by atoms with Crippen molar-refractivity contribution < 1.29 is 28.5 Å². The van der Waals surface area contributed by atoms with Crippen LogP contribution in [0.4, 0.5) is 0 Å². The Hall–Kier alpha value is -3.60. The maximum absolute atomic E-state index is 12.6. The Bertz CT molecular complexity index is 1170. The number of hydrogen-bond acceptors (Lipinski definition) is 8. The summed E-state index contributed by atoms with van der Waals surface area (Å²) in [4.78, 5) is 27.9. The average molecular weight is 450 g/mol. The van der Waals surface area contributed by atoms with Crippen LogP contribution in [-0.4, -0.2) is 51.6 Å². The fraction of sp³-hybridized carbons (Fsp3) is 0.304. The average Bonchev–Trinajstić information content (AvgIpc) is 3.54. The van der Waals surface area contributed by atoms with Crippen molar-refractivity contribution in [2.75, 3.05) is 6.61 Å². The van der Waals surface area contributed by atoms with Gasteiger partial charge in [-0.05, 0) is 18.6 Å². The van der Waals surface area contributed by atoms with Crippen molar-refractivity contribution in [3.8, 4) is 0 Å². The Morgan fingerprint density at radius 3 is 2.48 bits per heavy atom. The highest BCUT2D eigenvalue weighted by atomic mass is 16.8. The van der Waals surface area contributed by atoms with Gasteiger partial charge in [0.15, 0.2) is 12.5 Å². The van der Waals surface area contributed by atoms with E-state index in [1.807, 2.05) is 49.4 Å². The van der Waals surface area contributed by atoms with Crippen LogP contribution in [0.25, 0.3) is 0 Å². The number of nitrogens with two attached hydrogens (primary N) is 1. The molecular formula is C23H22N4O6. The molecule has 170 valence electrons. The lowest BCUT2D eigenvalue weighted by molar-refractivity contribution is -0.156. The molecule has 2 aromatic carbocycles. The summed E-state index contributed by atoms with van der Waals surface area (Å²) in [7, 11) is 0. The highest BCUT2D eigenvalue weighted by Crippen LogP contribution is 2.44. The van der Waals surface area contributed by atoms with Gasteiger partial charge in [0.2, 0.25) is 5.82 Å². The number of carbonyl (C=O) groups excluding carboxylic acids is 2. The molecule has 0 saturated carbocycles. The van der Waals surface area contributed by atoms with Crippen molar-refractivity contribution in [1.29, 1.82) is 0 Å². The first-order valence-corrected chi connectivity index (χ1v) is 10.5. The van der Waals surface area contributed by atoms with Crippen molar-refractivity contribution in [2.45, 2.75) is 37.8 Å². The summed E-state index contributed by atoms with van der Waals surface area (Å²) in [6.07, 6.45) is -1.75. The maximum atomic E-state index is 12.6. The molecule has 10 heteroatoms. The molecule has 5 rings (SSSR count). The summed E-state index contributed by atoms with van der Waals surface area (Å²) < 4.78 is 25.3. The molecule has 3 aromatic rings. The van der Waals surface area contributed by atoms with Gasteiger partial charge in [-0.3, -0.25) is 4.79 Å². The number of amides is 1. The fourth-order valence-electron chi connectivity index (χ4n) is 4.00. The molecule has 2 aliphatic rings. The van der Waals surface area contributed by atoms with E-state index in [9.17, 15) is 9.59 Å². The summed E-state index contributed by atoms with van der Waals surface area (Å²) in [5.74, 6) is -1.34. The Morgan fingerprint density at radius 1 is 1.03 bits per heavy atom. The first-order valence-electron chi connectivity index (χ1n) is 10.5. The van der Waals surface area contributed by atoms with Crippen molar-refractivity contribution in [3.05, 3.63) is 83.4 Å². The number of hydrogen-bond donors (Lipinski definition) is 1. The number of aryl methyl sites for hydroxylation is 1. The SMILES string of the molecule is Cc1ccccc1C(=O)OCC1OC(n2cnc(C(N)=O)n2)C2OC(c3ccccc3)OC12. The molecule has 0 bridgehead atoms. The molecule has 0 spiro atoms. The number of primary amides is 1. The van der Waals surface area contributed by atoms with E-state index in [2.05, 4.69) is 10.1 Å². The number of benzene rings is 2. The number of esters is 1. The smallest absolute Gasteiger partial charge is 0.338 e. The van der Waals surface area contributed by atoms with Crippen LogP contribution in [0.2, 0.25) is 0 Å². The molecule has 5 unspecified atom stereocenters. The molecule has 5 atom stereocenters. The zero-order valence-corrected chi connectivity index (χ0v) is 17.7. The Balaban J connectivity index is 1.36. The second-order valence-electron chi connectivity index (χ2n) is 7.83. The Kier molecular flexibility index (Phi) is 5.63. The van der Waals surface area contributed by atoms with Crippen molar-refractivity contribution in [2.24, 2.45) is 5.73 Å². The van der Waals surface area contributed by atoms with Gasteiger partial charge in [-0.25, -0.2) is 14.5 Å². The van der Waals surface area contributed by atoms with Gasteiger partial charge in [-0.1, -0.05) is 48.5 Å². The number of nitrogens with zero attached hydrogens (tertiary/aromatic N) is 3. The third-order valence-electron chi connectivity index (χ3n) is 5.65. The molecule has 1 aromatic heterocycles. The van der Waals surface area contributed by atoms with E-state index >= 15 is 0 Å². The lowest BCUT2D eigenvalue weighted by Crippen LogP contribution is -2.32. The summed E-state index contributed by atoms with van der Waals surface area (Å²) in [5.41, 5.74) is 7.42. The van der Waals surface area contributed by atoms with Gasteiger partial charge in [-0.15, -0.1) is 5.10 Å². The molecule has 2 saturated heterocycles. The van der Waals surface area contributed by atoms with E-state index in [-0.39, 0.29) is 12.4 Å². The standard InChI is InChI=1S/C23H22N4O6/c1-13-7-5-6-10-15(13)22(29)30-11-16-17-18(33-23(32-17)14-8-3-2-4-9-14)21(31-16)27-12-25-20(26-27)19(24)28/h2-10,12,16-18,21,23H,11H2,1H3,(H2,24,28). The van der Waals surface area contributed by atoms with Gasteiger partial charge in [-0.2, -0.15) is 0 Å². The summed E-state index contributed by atoms with van der Waals surface area (Å²) >= 11 is 0. The molecule has 0 radical (unpaired) electrons. The molecule has 33 heavy (non-hydrogen) atoms. The second-order valence-corrected chi connectivity index (χ2v) is 7.83. The second kappa shape index (κ2) is 8.74. The van der Waals surface area contributed by atoms with Crippen molar-refractivity contribution in [3.63, 3.8) is 0 Å². The first-order chi connectivity index (χ1) is 16.0. The predicted molar refractivity (Wildman–Crippen MR) is 113 cm³/mol. The maximum Gasteiger partial charge on any atom is 0.338 e. The molecule has 2 N–H and O–H groups in total. The van der Waals surface area contributed by atoms with Crippen LogP contribution >= 0.6 is 0 Å². The minimum atomic E-state index is -0.752. The molecule has 3 heterocycles. The van der Waals surface area contributed by atoms with Crippen LogP contribution in [0.5, 0.6) is 0 Å². The topological polar surface area (TPSA) is 128 Å². The van der Waals surface area contributed by atoms with E-state index in [0.29, 0.717) is 5.56 Å². The predicted octanol–water partition coefficient (Wildman–Crippen LogP) is 1.92. The highest BCUT2D eigenvalue weighted by molar-refractivity contribution is 5.91. The number of carbonyl (C=O) groups is 2. The molecular weight excluding hydrogens is 428 g/mol. The zero-order valence-electron chi connectivity index (χ0n) is 17.7. The van der Waals surface area contributed by atoms with Crippen molar-refractivity contribution in [1.82, 2.24) is 14.8 Å². The minimum absolute atomic E-state index is 0.0485. The van der Waals surface area contributed by atoms with Crippen LogP contribution < -0.4 is 5.73 Å². The number of fused-ring (bicyclic) bond motifs is 1. The lowest BCUT2D eigenvalue weighted by atomic mass is 10.1. The minimum Gasteiger partial charge on any atom is -0.459 e. The van der Waals surface area contributed by atoms with Gasteiger partial charge < -0.3 is 24.7 Å². The molecule has 2 aliphatic heterocycles. The fourth-order valence-corrected chi connectivity index (χ4v) is 4.00. The van der Waals surface area contributed by atoms with Crippen LogP contribution in [0, 0.1) is 6.92 Å². The largest absolute Gasteiger partial charge is 0.459 e. The van der Waals surface area contributed by atoms with E-state index in [4.69, 9.17) is 24.7 Å². The van der Waals surface area contributed by atoms with E-state index in [1.165, 1.54) is 11.0 Å². The zero-order chi connectivity index (χ0) is 22.9. The molecule has 10 nitrogen and oxygen atoms in total. The molecule has 2 fully saturated rings. The lowest BCUT2D eigenvalue weighted by Gasteiger charge is -2.20. The van der Waals surface area contributed by atoms with Gasteiger partial charge in [0, 0.05) is 5.56 Å². The van der Waals surface area contributed by atoms with Crippen LogP contribution in [-0.2, 0) is 18.9 Å². The third kappa shape index (κ3) is 4.11. The molecule has 1 amide bonds. The Labute approximate surface area is 189 Å². The van der Waals surface area contributed by atoms with Crippen LogP contribution in [0.3, 0.4) is 0 Å². The first kappa shape index (κ1) is 21.3. The number of rotatable bonds is 6. The summed E-state index contributed by atoms with van der Waals surface area (Å²) in [5, 5.41) is 4.10. The van der Waals surface area contributed by atoms with Crippen LogP contribution in [0.15, 0.2) is 60.9 Å². The van der Waals surface area contributed by atoms with E-state index in [1.54, 1.807) is 12.1 Å². The Morgan fingerprint density at radius 2 is 1.76 bits per heavy atom. The van der Waals surface area contributed by atoms with Crippen molar-refractivity contribution >= 4 is 11.9 Å². The number of ether oxygens (including phenoxy) is 4. The summed E-state index contributed by atoms with van der Waals surface area (Å²) in [6, 6.07) is 16.7. The normalized spacial score (nSPS) is 26.2. The number of aromatic nitrogens is 3. The van der Waals surface area contributed by atoms with Gasteiger partial charge in [0.25, 0.3) is 5.91 Å². The van der Waals surface area contributed by atoms with Gasteiger partial charge >= 0.3 is 5.97 Å². The third-order valence-corrected chi connectivity index (χ3v) is 5.65. The van der Waals surface area contributed by atoms with E-state index < -0.39 is 42.7 Å². The van der Waals surface area contributed by atoms with E-state index in [0.717, 1.165) is 11.1 Å². The van der Waals surface area contributed by atoms with Crippen LogP contribution in [0.1, 0.15) is 44.6 Å².